The zero-order valence-corrected chi connectivity index (χ0v) is 8.19. The number of hydrogen-bond acceptors (Lipinski definition) is 2. The van der Waals surface area contributed by atoms with E-state index in [9.17, 15) is 0 Å². The molecule has 0 amide bonds. The monoisotopic (exact) mass is 161 g/mol. The van der Waals surface area contributed by atoms with Crippen LogP contribution in [0.5, 0.6) is 0 Å². The lowest BCUT2D eigenvalue weighted by molar-refractivity contribution is 0.303. The molecule has 0 saturated carbocycles. The predicted molar refractivity (Wildman–Crippen MR) is 50.9 cm³/mol. The van der Waals surface area contributed by atoms with E-state index in [0.717, 1.165) is 19.6 Å². The van der Waals surface area contributed by atoms with E-state index in [0.29, 0.717) is 5.25 Å². The van der Waals surface area contributed by atoms with Crippen molar-refractivity contribution in [1.82, 2.24) is 4.90 Å². The van der Waals surface area contributed by atoms with E-state index in [4.69, 9.17) is 0 Å². The number of rotatable bonds is 5. The van der Waals surface area contributed by atoms with E-state index in [-0.39, 0.29) is 0 Å². The minimum Gasteiger partial charge on any atom is -0.303 e. The molecule has 0 saturated heterocycles. The molecule has 10 heavy (non-hydrogen) atoms. The van der Waals surface area contributed by atoms with Gasteiger partial charge in [-0.1, -0.05) is 20.8 Å². The molecule has 0 bridgehead atoms. The summed E-state index contributed by atoms with van der Waals surface area (Å²) in [4.78, 5) is 2.40. The quantitative estimate of drug-likeness (QED) is 0.604. The highest BCUT2D eigenvalue weighted by Gasteiger charge is 2.04. The molecule has 62 valence electrons. The summed E-state index contributed by atoms with van der Waals surface area (Å²) in [7, 11) is 0. The first-order valence-electron chi connectivity index (χ1n) is 4.14. The molecule has 0 heterocycles. The van der Waals surface area contributed by atoms with Gasteiger partial charge in [0.15, 0.2) is 0 Å². The van der Waals surface area contributed by atoms with Gasteiger partial charge in [0.25, 0.3) is 0 Å². The highest BCUT2D eigenvalue weighted by molar-refractivity contribution is 7.81. The molecule has 0 aromatic carbocycles. The first kappa shape index (κ1) is 10.3. The Bertz CT molecular complexity index is 71.7. The van der Waals surface area contributed by atoms with Gasteiger partial charge in [0.05, 0.1) is 0 Å². The van der Waals surface area contributed by atoms with Gasteiger partial charge in [0.2, 0.25) is 0 Å². The van der Waals surface area contributed by atoms with Crippen molar-refractivity contribution in [2.24, 2.45) is 0 Å². The van der Waals surface area contributed by atoms with Gasteiger partial charge in [0, 0.05) is 11.8 Å². The predicted octanol–water partition coefficient (Wildman–Crippen LogP) is 2.04. The Labute approximate surface area is 70.2 Å². The zero-order valence-electron chi connectivity index (χ0n) is 7.30. The highest BCUT2D eigenvalue weighted by atomic mass is 32.1. The van der Waals surface area contributed by atoms with Gasteiger partial charge < -0.3 is 4.90 Å². The van der Waals surface area contributed by atoms with Gasteiger partial charge >= 0.3 is 0 Å². The standard InChI is InChI=1S/C8H19NS/c1-4-8(10)7-9(5-2)6-3/h8,10H,4-7H2,1-3H3. The van der Waals surface area contributed by atoms with Crippen molar-refractivity contribution in [2.75, 3.05) is 19.6 Å². The molecule has 0 spiro atoms. The van der Waals surface area contributed by atoms with Crippen molar-refractivity contribution in [2.45, 2.75) is 32.4 Å². The van der Waals surface area contributed by atoms with Gasteiger partial charge in [-0.2, -0.15) is 12.6 Å². The number of hydrogen-bond donors (Lipinski definition) is 1. The molecular formula is C8H19NS. The van der Waals surface area contributed by atoms with Gasteiger partial charge in [-0.05, 0) is 19.5 Å². The van der Waals surface area contributed by atoms with Crippen LogP contribution in [0, 0.1) is 0 Å². The van der Waals surface area contributed by atoms with Gasteiger partial charge in [0.1, 0.15) is 0 Å². The molecule has 0 aliphatic heterocycles. The van der Waals surface area contributed by atoms with Gasteiger partial charge in [-0.25, -0.2) is 0 Å². The smallest absolute Gasteiger partial charge is 0.0142 e. The third-order valence-corrected chi connectivity index (χ3v) is 2.36. The molecule has 1 nitrogen and oxygen atoms in total. The molecule has 1 unspecified atom stereocenters. The summed E-state index contributed by atoms with van der Waals surface area (Å²) < 4.78 is 0. The van der Waals surface area contributed by atoms with Crippen LogP contribution >= 0.6 is 12.6 Å². The van der Waals surface area contributed by atoms with E-state index in [1.54, 1.807) is 0 Å². The fourth-order valence-electron chi connectivity index (χ4n) is 0.909. The van der Waals surface area contributed by atoms with E-state index in [1.165, 1.54) is 6.42 Å². The molecule has 0 aliphatic carbocycles. The van der Waals surface area contributed by atoms with Gasteiger partial charge in [-0.3, -0.25) is 0 Å². The second-order valence-corrected chi connectivity index (χ2v) is 3.28. The van der Waals surface area contributed by atoms with Crippen LogP contribution in [0.2, 0.25) is 0 Å². The maximum Gasteiger partial charge on any atom is 0.0142 e. The van der Waals surface area contributed by atoms with Crippen molar-refractivity contribution in [1.29, 1.82) is 0 Å². The fourth-order valence-corrected chi connectivity index (χ4v) is 1.14. The second-order valence-electron chi connectivity index (χ2n) is 2.55. The van der Waals surface area contributed by atoms with Crippen molar-refractivity contribution in [3.8, 4) is 0 Å². The SMILES string of the molecule is CCC(S)CN(CC)CC. The van der Waals surface area contributed by atoms with E-state index in [1.807, 2.05) is 0 Å². The topological polar surface area (TPSA) is 3.24 Å². The third-order valence-electron chi connectivity index (χ3n) is 1.83. The summed E-state index contributed by atoms with van der Waals surface area (Å²) >= 11 is 4.44. The molecule has 0 N–H and O–H groups in total. The Morgan fingerprint density at radius 3 is 2.00 bits per heavy atom. The summed E-state index contributed by atoms with van der Waals surface area (Å²) in [6, 6.07) is 0. The van der Waals surface area contributed by atoms with Crippen molar-refractivity contribution >= 4 is 12.6 Å². The van der Waals surface area contributed by atoms with Crippen LogP contribution in [-0.2, 0) is 0 Å². The Morgan fingerprint density at radius 1 is 1.20 bits per heavy atom. The third kappa shape index (κ3) is 4.18. The average molecular weight is 161 g/mol. The Hall–Kier alpha value is 0.310. The molecule has 0 fully saturated rings. The molecule has 0 aliphatic rings. The minimum absolute atomic E-state index is 0.555. The van der Waals surface area contributed by atoms with Crippen LogP contribution in [0.25, 0.3) is 0 Å². The molecule has 0 aromatic rings. The average Bonchev–Trinajstić information content (AvgIpc) is 1.99. The van der Waals surface area contributed by atoms with Crippen molar-refractivity contribution < 1.29 is 0 Å². The lowest BCUT2D eigenvalue weighted by Gasteiger charge is -2.20. The summed E-state index contributed by atoms with van der Waals surface area (Å²) in [6.45, 7) is 9.99. The molecular weight excluding hydrogens is 142 g/mol. The van der Waals surface area contributed by atoms with Crippen molar-refractivity contribution in [3.05, 3.63) is 0 Å². The van der Waals surface area contributed by atoms with Crippen LogP contribution in [0.1, 0.15) is 27.2 Å². The van der Waals surface area contributed by atoms with Crippen LogP contribution in [0.3, 0.4) is 0 Å². The van der Waals surface area contributed by atoms with E-state index in [2.05, 4.69) is 38.3 Å². The lowest BCUT2D eigenvalue weighted by Crippen LogP contribution is -2.29. The molecule has 0 radical (unpaired) electrons. The maximum absolute atomic E-state index is 4.44. The molecule has 0 rings (SSSR count). The van der Waals surface area contributed by atoms with Crippen LogP contribution in [0.4, 0.5) is 0 Å². The number of thiol groups is 1. The number of nitrogens with zero attached hydrogens (tertiary/aromatic N) is 1. The Balaban J connectivity index is 3.41. The summed E-state index contributed by atoms with van der Waals surface area (Å²) in [5, 5.41) is 0.555. The molecule has 1 atom stereocenters. The summed E-state index contributed by atoms with van der Waals surface area (Å²) in [5.41, 5.74) is 0. The zero-order chi connectivity index (χ0) is 7.98. The second kappa shape index (κ2) is 6.05. The lowest BCUT2D eigenvalue weighted by atomic mass is 10.3. The summed E-state index contributed by atoms with van der Waals surface area (Å²) in [5.74, 6) is 0. The van der Waals surface area contributed by atoms with Crippen LogP contribution < -0.4 is 0 Å². The van der Waals surface area contributed by atoms with Crippen molar-refractivity contribution in [3.63, 3.8) is 0 Å². The minimum atomic E-state index is 0.555. The summed E-state index contributed by atoms with van der Waals surface area (Å²) in [6.07, 6.45) is 1.17. The highest BCUT2D eigenvalue weighted by Crippen LogP contribution is 2.02. The normalized spacial score (nSPS) is 14.1. The van der Waals surface area contributed by atoms with E-state index >= 15 is 0 Å². The van der Waals surface area contributed by atoms with Crippen LogP contribution in [0.15, 0.2) is 0 Å². The van der Waals surface area contributed by atoms with Crippen LogP contribution in [-0.4, -0.2) is 29.8 Å². The fraction of sp³-hybridized carbons (Fsp3) is 1.00. The molecule has 2 heteroatoms. The Morgan fingerprint density at radius 2 is 1.70 bits per heavy atom. The largest absolute Gasteiger partial charge is 0.303 e. The maximum atomic E-state index is 4.44. The van der Waals surface area contributed by atoms with E-state index < -0.39 is 0 Å². The first-order valence-corrected chi connectivity index (χ1v) is 4.66. The Kier molecular flexibility index (Phi) is 6.24. The molecule has 0 aromatic heterocycles. The first-order chi connectivity index (χ1) is 4.74. The van der Waals surface area contributed by atoms with Gasteiger partial charge in [-0.15, -0.1) is 0 Å².